The Kier molecular flexibility index (Phi) is 5.08. The zero-order valence-corrected chi connectivity index (χ0v) is 15.1. The minimum absolute atomic E-state index is 0.500. The van der Waals surface area contributed by atoms with Crippen molar-refractivity contribution in [3.63, 3.8) is 0 Å². The number of aromatic nitrogens is 2. The van der Waals surface area contributed by atoms with E-state index in [0.29, 0.717) is 24.0 Å². The first-order chi connectivity index (χ1) is 12.0. The summed E-state index contributed by atoms with van der Waals surface area (Å²) in [5.74, 6) is 1.27. The number of anilines is 1. The molecule has 0 atom stereocenters. The maximum atomic E-state index is 6.16. The van der Waals surface area contributed by atoms with Crippen LogP contribution in [0.3, 0.4) is 0 Å². The highest BCUT2D eigenvalue weighted by molar-refractivity contribution is 5.72. The highest BCUT2D eigenvalue weighted by Crippen LogP contribution is 2.32. The largest absolute Gasteiger partial charge is 0.487 e. The SMILES string of the molecule is Cc1cc(N)c(OCc2ccccc2)cc1-c1cnn(CC(C)C)c1. The molecule has 0 fully saturated rings. The van der Waals surface area contributed by atoms with Gasteiger partial charge in [-0.15, -0.1) is 0 Å². The molecule has 4 nitrogen and oxygen atoms in total. The Morgan fingerprint density at radius 1 is 1.16 bits per heavy atom. The summed E-state index contributed by atoms with van der Waals surface area (Å²) in [6.07, 6.45) is 3.99. The van der Waals surface area contributed by atoms with Crippen LogP contribution in [0.1, 0.15) is 25.0 Å². The van der Waals surface area contributed by atoms with Crippen LogP contribution in [0.4, 0.5) is 5.69 Å². The lowest BCUT2D eigenvalue weighted by Crippen LogP contribution is -2.04. The van der Waals surface area contributed by atoms with E-state index in [4.69, 9.17) is 10.5 Å². The summed E-state index contributed by atoms with van der Waals surface area (Å²) in [6.45, 7) is 7.84. The monoisotopic (exact) mass is 335 g/mol. The highest BCUT2D eigenvalue weighted by atomic mass is 16.5. The highest BCUT2D eigenvalue weighted by Gasteiger charge is 2.11. The number of benzene rings is 2. The van der Waals surface area contributed by atoms with Crippen molar-refractivity contribution >= 4 is 5.69 Å². The van der Waals surface area contributed by atoms with Crippen molar-refractivity contribution in [2.75, 3.05) is 5.73 Å². The van der Waals surface area contributed by atoms with E-state index in [2.05, 4.69) is 32.1 Å². The summed E-state index contributed by atoms with van der Waals surface area (Å²) >= 11 is 0. The van der Waals surface area contributed by atoms with Gasteiger partial charge in [0, 0.05) is 18.3 Å². The fourth-order valence-electron chi connectivity index (χ4n) is 2.86. The van der Waals surface area contributed by atoms with E-state index < -0.39 is 0 Å². The molecular formula is C21H25N3O. The number of ether oxygens (including phenoxy) is 1. The Labute approximate surface area is 149 Å². The molecule has 0 bridgehead atoms. The molecule has 1 heterocycles. The van der Waals surface area contributed by atoms with E-state index >= 15 is 0 Å². The third-order valence-electron chi connectivity index (χ3n) is 4.09. The summed E-state index contributed by atoms with van der Waals surface area (Å²) in [4.78, 5) is 0. The van der Waals surface area contributed by atoms with Crippen molar-refractivity contribution in [3.8, 4) is 16.9 Å². The lowest BCUT2D eigenvalue weighted by molar-refractivity contribution is 0.308. The molecule has 0 aliphatic rings. The van der Waals surface area contributed by atoms with Gasteiger partial charge in [0.2, 0.25) is 0 Å². The molecule has 0 radical (unpaired) electrons. The van der Waals surface area contributed by atoms with E-state index in [0.717, 1.165) is 28.8 Å². The van der Waals surface area contributed by atoms with E-state index in [-0.39, 0.29) is 0 Å². The number of hydrogen-bond acceptors (Lipinski definition) is 3. The van der Waals surface area contributed by atoms with Gasteiger partial charge in [-0.05, 0) is 41.7 Å². The average molecular weight is 335 g/mol. The summed E-state index contributed by atoms with van der Waals surface area (Å²) in [6, 6.07) is 14.1. The molecule has 0 amide bonds. The molecule has 0 saturated heterocycles. The third kappa shape index (κ3) is 4.21. The predicted octanol–water partition coefficient (Wildman–Crippen LogP) is 4.68. The quantitative estimate of drug-likeness (QED) is 0.666. The molecule has 130 valence electrons. The first-order valence-corrected chi connectivity index (χ1v) is 8.62. The summed E-state index contributed by atoms with van der Waals surface area (Å²) in [5.41, 5.74) is 11.2. The number of nitrogen functional groups attached to an aromatic ring is 1. The second-order valence-electron chi connectivity index (χ2n) is 6.82. The molecular weight excluding hydrogens is 310 g/mol. The van der Waals surface area contributed by atoms with Gasteiger partial charge in [0.05, 0.1) is 11.9 Å². The van der Waals surface area contributed by atoms with Crippen molar-refractivity contribution in [2.45, 2.75) is 33.9 Å². The molecule has 0 aliphatic heterocycles. The standard InChI is InChI=1S/C21H25N3O/c1-15(2)12-24-13-18(11-23-24)19-10-21(20(22)9-16(19)3)25-14-17-7-5-4-6-8-17/h4-11,13,15H,12,14,22H2,1-3H3. The van der Waals surface area contributed by atoms with Crippen LogP contribution < -0.4 is 10.5 Å². The molecule has 2 N–H and O–H groups in total. The molecule has 0 unspecified atom stereocenters. The zero-order valence-electron chi connectivity index (χ0n) is 15.1. The molecule has 1 aromatic heterocycles. The summed E-state index contributed by atoms with van der Waals surface area (Å²) in [5, 5.41) is 4.46. The normalized spacial score (nSPS) is 11.0. The maximum absolute atomic E-state index is 6.16. The van der Waals surface area contributed by atoms with E-state index in [9.17, 15) is 0 Å². The van der Waals surface area contributed by atoms with Crippen LogP contribution in [0, 0.1) is 12.8 Å². The zero-order chi connectivity index (χ0) is 17.8. The topological polar surface area (TPSA) is 53.1 Å². The Morgan fingerprint density at radius 3 is 2.64 bits per heavy atom. The minimum Gasteiger partial charge on any atom is -0.487 e. The fourth-order valence-corrected chi connectivity index (χ4v) is 2.86. The average Bonchev–Trinajstić information content (AvgIpc) is 3.02. The lowest BCUT2D eigenvalue weighted by Gasteiger charge is -2.13. The van der Waals surface area contributed by atoms with Gasteiger partial charge in [-0.3, -0.25) is 4.68 Å². The van der Waals surface area contributed by atoms with Crippen LogP contribution >= 0.6 is 0 Å². The molecule has 3 rings (SSSR count). The van der Waals surface area contributed by atoms with Crippen LogP contribution in [-0.2, 0) is 13.2 Å². The van der Waals surface area contributed by atoms with Gasteiger partial charge in [-0.25, -0.2) is 0 Å². The van der Waals surface area contributed by atoms with E-state index in [1.165, 1.54) is 0 Å². The van der Waals surface area contributed by atoms with E-state index in [1.54, 1.807) is 0 Å². The van der Waals surface area contributed by atoms with Gasteiger partial charge >= 0.3 is 0 Å². The number of hydrogen-bond donors (Lipinski definition) is 1. The molecule has 0 saturated carbocycles. The molecule has 25 heavy (non-hydrogen) atoms. The van der Waals surface area contributed by atoms with Gasteiger partial charge < -0.3 is 10.5 Å². The molecule has 3 aromatic rings. The van der Waals surface area contributed by atoms with Crippen molar-refractivity contribution in [3.05, 3.63) is 66.0 Å². The van der Waals surface area contributed by atoms with Crippen LogP contribution in [0.2, 0.25) is 0 Å². The Balaban J connectivity index is 1.84. The second kappa shape index (κ2) is 7.43. The minimum atomic E-state index is 0.500. The Bertz CT molecular complexity index is 838. The predicted molar refractivity (Wildman–Crippen MR) is 102 cm³/mol. The van der Waals surface area contributed by atoms with Crippen molar-refractivity contribution < 1.29 is 4.74 Å². The van der Waals surface area contributed by atoms with Crippen molar-refractivity contribution in [2.24, 2.45) is 5.92 Å². The van der Waals surface area contributed by atoms with E-state index in [1.807, 2.05) is 53.3 Å². The first-order valence-electron chi connectivity index (χ1n) is 8.62. The van der Waals surface area contributed by atoms with Crippen molar-refractivity contribution in [1.29, 1.82) is 0 Å². The van der Waals surface area contributed by atoms with Gasteiger partial charge in [0.15, 0.2) is 0 Å². The Hall–Kier alpha value is -2.75. The van der Waals surface area contributed by atoms with Crippen LogP contribution in [0.15, 0.2) is 54.9 Å². The Morgan fingerprint density at radius 2 is 1.92 bits per heavy atom. The molecule has 0 spiro atoms. The maximum Gasteiger partial charge on any atom is 0.143 e. The number of nitrogens with two attached hydrogens (primary N) is 1. The van der Waals surface area contributed by atoms with Gasteiger partial charge in [-0.1, -0.05) is 44.2 Å². The smallest absolute Gasteiger partial charge is 0.143 e. The second-order valence-corrected chi connectivity index (χ2v) is 6.82. The van der Waals surface area contributed by atoms with Gasteiger partial charge in [0.25, 0.3) is 0 Å². The van der Waals surface area contributed by atoms with Crippen LogP contribution in [-0.4, -0.2) is 9.78 Å². The van der Waals surface area contributed by atoms with Gasteiger partial charge in [-0.2, -0.15) is 5.10 Å². The number of nitrogens with zero attached hydrogens (tertiary/aromatic N) is 2. The molecule has 2 aromatic carbocycles. The van der Waals surface area contributed by atoms with Crippen LogP contribution in [0.25, 0.3) is 11.1 Å². The fraction of sp³-hybridized carbons (Fsp3) is 0.286. The third-order valence-corrected chi connectivity index (χ3v) is 4.09. The number of rotatable bonds is 6. The lowest BCUT2D eigenvalue weighted by atomic mass is 10.0. The number of aryl methyl sites for hydroxylation is 1. The molecule has 4 heteroatoms. The summed E-state index contributed by atoms with van der Waals surface area (Å²) < 4.78 is 7.95. The summed E-state index contributed by atoms with van der Waals surface area (Å²) in [7, 11) is 0. The van der Waals surface area contributed by atoms with Crippen LogP contribution in [0.5, 0.6) is 5.75 Å². The first kappa shape index (κ1) is 17.1. The molecule has 0 aliphatic carbocycles. The van der Waals surface area contributed by atoms with Crippen molar-refractivity contribution in [1.82, 2.24) is 9.78 Å². The van der Waals surface area contributed by atoms with Gasteiger partial charge in [0.1, 0.15) is 12.4 Å².